The number of hydrogen-bond acceptors (Lipinski definition) is 4. The maximum atomic E-state index is 13.5. The second-order valence-corrected chi connectivity index (χ2v) is 6.14. The number of carbonyl (C=O) groups is 2. The molecular formula is C18H20FN3O3. The van der Waals surface area contributed by atoms with Crippen molar-refractivity contribution in [3.05, 3.63) is 52.7 Å². The minimum atomic E-state index is -0.804. The van der Waals surface area contributed by atoms with Crippen LogP contribution < -0.4 is 5.32 Å². The fourth-order valence-electron chi connectivity index (χ4n) is 3.18. The van der Waals surface area contributed by atoms with Gasteiger partial charge in [-0.2, -0.15) is 0 Å². The van der Waals surface area contributed by atoms with Crippen LogP contribution in [0.25, 0.3) is 0 Å². The highest BCUT2D eigenvalue weighted by Gasteiger charge is 2.34. The number of aryl methyl sites for hydroxylation is 2. The van der Waals surface area contributed by atoms with E-state index >= 15 is 0 Å². The van der Waals surface area contributed by atoms with Gasteiger partial charge in [0.15, 0.2) is 0 Å². The van der Waals surface area contributed by atoms with Gasteiger partial charge in [-0.05, 0) is 38.0 Å². The van der Waals surface area contributed by atoms with Crippen molar-refractivity contribution in [1.82, 2.24) is 15.4 Å². The van der Waals surface area contributed by atoms with Crippen LogP contribution in [0.3, 0.4) is 0 Å². The van der Waals surface area contributed by atoms with Gasteiger partial charge in [0.25, 0.3) is 0 Å². The minimum Gasteiger partial charge on any atom is -0.361 e. The molecule has 6 nitrogen and oxygen atoms in total. The number of hydrogen-bond donors (Lipinski definition) is 1. The third-order valence-electron chi connectivity index (χ3n) is 4.47. The van der Waals surface area contributed by atoms with Gasteiger partial charge < -0.3 is 14.7 Å². The third-order valence-corrected chi connectivity index (χ3v) is 4.47. The van der Waals surface area contributed by atoms with E-state index in [9.17, 15) is 14.0 Å². The van der Waals surface area contributed by atoms with Gasteiger partial charge >= 0.3 is 0 Å². The lowest BCUT2D eigenvalue weighted by atomic mass is 10.0. The van der Waals surface area contributed by atoms with E-state index in [1.807, 2.05) is 13.8 Å². The zero-order valence-corrected chi connectivity index (χ0v) is 14.2. The molecule has 132 valence electrons. The van der Waals surface area contributed by atoms with Crippen molar-refractivity contribution in [3.63, 3.8) is 0 Å². The molecular weight excluding hydrogens is 325 g/mol. The maximum Gasteiger partial charge on any atom is 0.247 e. The molecule has 0 unspecified atom stereocenters. The average Bonchev–Trinajstić information content (AvgIpc) is 2.90. The summed E-state index contributed by atoms with van der Waals surface area (Å²) in [5.74, 6) is -0.172. The lowest BCUT2D eigenvalue weighted by Gasteiger charge is -2.35. The van der Waals surface area contributed by atoms with Crippen molar-refractivity contribution >= 4 is 11.8 Å². The van der Waals surface area contributed by atoms with E-state index in [2.05, 4.69) is 10.5 Å². The van der Waals surface area contributed by atoms with Crippen LogP contribution in [0.2, 0.25) is 0 Å². The highest BCUT2D eigenvalue weighted by atomic mass is 19.1. The summed E-state index contributed by atoms with van der Waals surface area (Å²) in [4.78, 5) is 26.6. The van der Waals surface area contributed by atoms with E-state index in [4.69, 9.17) is 4.52 Å². The van der Waals surface area contributed by atoms with Crippen molar-refractivity contribution in [2.24, 2.45) is 0 Å². The molecule has 1 atom stereocenters. The molecule has 0 bridgehead atoms. The Balaban J connectivity index is 1.78. The van der Waals surface area contributed by atoms with Gasteiger partial charge in [-0.15, -0.1) is 0 Å². The molecule has 1 aliphatic rings. The Kier molecular flexibility index (Phi) is 4.83. The monoisotopic (exact) mass is 345 g/mol. The van der Waals surface area contributed by atoms with Crippen molar-refractivity contribution in [1.29, 1.82) is 0 Å². The largest absolute Gasteiger partial charge is 0.361 e. The third kappa shape index (κ3) is 3.55. The number of benzene rings is 1. The first-order chi connectivity index (χ1) is 12.0. The summed E-state index contributed by atoms with van der Waals surface area (Å²) in [6.45, 7) is 4.43. The summed E-state index contributed by atoms with van der Waals surface area (Å²) >= 11 is 0. The zero-order valence-electron chi connectivity index (χ0n) is 14.2. The van der Waals surface area contributed by atoms with Crippen molar-refractivity contribution < 1.29 is 18.5 Å². The van der Waals surface area contributed by atoms with Crippen LogP contribution in [0, 0.1) is 19.7 Å². The first-order valence-electron chi connectivity index (χ1n) is 8.21. The van der Waals surface area contributed by atoms with E-state index in [0.29, 0.717) is 30.8 Å². The number of carbonyl (C=O) groups excluding carboxylic acids is 2. The number of nitrogens with one attached hydrogen (secondary N) is 1. The van der Waals surface area contributed by atoms with Gasteiger partial charge in [0.1, 0.15) is 17.6 Å². The summed E-state index contributed by atoms with van der Waals surface area (Å²) < 4.78 is 18.7. The van der Waals surface area contributed by atoms with E-state index < -0.39 is 11.9 Å². The highest BCUT2D eigenvalue weighted by Crippen LogP contribution is 2.25. The van der Waals surface area contributed by atoms with Gasteiger partial charge in [0, 0.05) is 25.1 Å². The molecule has 2 aromatic rings. The number of halogens is 1. The quantitative estimate of drug-likeness (QED) is 0.920. The summed E-state index contributed by atoms with van der Waals surface area (Å²) in [6, 6.07) is 5.01. The van der Waals surface area contributed by atoms with Crippen LogP contribution in [0.1, 0.15) is 35.0 Å². The Morgan fingerprint density at radius 3 is 2.92 bits per heavy atom. The van der Waals surface area contributed by atoms with Crippen LogP contribution in [-0.4, -0.2) is 35.0 Å². The molecule has 1 aromatic carbocycles. The Bertz CT molecular complexity index is 783. The van der Waals surface area contributed by atoms with E-state index in [0.717, 1.165) is 11.3 Å². The van der Waals surface area contributed by atoms with Crippen LogP contribution in [0.5, 0.6) is 0 Å². The normalized spacial score (nSPS) is 17.5. The van der Waals surface area contributed by atoms with E-state index in [-0.39, 0.29) is 18.2 Å². The minimum absolute atomic E-state index is 0.149. The molecule has 1 aliphatic heterocycles. The SMILES string of the molecule is Cc1noc(C)c1CCC(=O)N1CCNC(=O)[C@H]1c1cccc(F)c1. The van der Waals surface area contributed by atoms with Crippen molar-refractivity contribution in [2.75, 3.05) is 13.1 Å². The lowest BCUT2D eigenvalue weighted by molar-refractivity contribution is -0.143. The number of nitrogens with zero attached hydrogens (tertiary/aromatic N) is 2. The first kappa shape index (κ1) is 17.1. The molecule has 0 spiro atoms. The summed E-state index contributed by atoms with van der Waals surface area (Å²) in [6.07, 6.45) is 0.732. The second kappa shape index (κ2) is 7.04. The van der Waals surface area contributed by atoms with Gasteiger partial charge in [0.05, 0.1) is 5.69 Å². The molecule has 1 aromatic heterocycles. The van der Waals surface area contributed by atoms with Gasteiger partial charge in [-0.25, -0.2) is 4.39 Å². The Morgan fingerprint density at radius 2 is 2.24 bits per heavy atom. The van der Waals surface area contributed by atoms with Gasteiger partial charge in [-0.3, -0.25) is 9.59 Å². The molecule has 1 N–H and O–H groups in total. The molecule has 7 heteroatoms. The number of rotatable bonds is 4. The smallest absolute Gasteiger partial charge is 0.247 e. The van der Waals surface area contributed by atoms with Crippen molar-refractivity contribution in [3.8, 4) is 0 Å². The summed E-state index contributed by atoms with van der Waals surface area (Å²) in [7, 11) is 0. The molecule has 0 saturated carbocycles. The van der Waals surface area contributed by atoms with Crippen LogP contribution in [0.4, 0.5) is 4.39 Å². The van der Waals surface area contributed by atoms with Gasteiger partial charge in [-0.1, -0.05) is 17.3 Å². The van der Waals surface area contributed by atoms with Crippen LogP contribution in [0.15, 0.2) is 28.8 Å². The number of aromatic nitrogens is 1. The maximum absolute atomic E-state index is 13.5. The fraction of sp³-hybridized carbons (Fsp3) is 0.389. The second-order valence-electron chi connectivity index (χ2n) is 6.14. The molecule has 2 heterocycles. The van der Waals surface area contributed by atoms with Crippen LogP contribution >= 0.6 is 0 Å². The topological polar surface area (TPSA) is 75.4 Å². The standard InChI is InChI=1S/C18H20FN3O3/c1-11-15(12(2)25-21-11)6-7-16(23)22-9-8-20-18(24)17(22)13-4-3-5-14(19)10-13/h3-5,10,17H,6-9H2,1-2H3,(H,20,24)/t17-/m1/s1. The molecule has 3 rings (SSSR count). The average molecular weight is 345 g/mol. The Morgan fingerprint density at radius 1 is 1.44 bits per heavy atom. The highest BCUT2D eigenvalue weighted by molar-refractivity contribution is 5.89. The number of amides is 2. The molecule has 1 fully saturated rings. The summed E-state index contributed by atoms with van der Waals surface area (Å²) in [5, 5.41) is 6.63. The van der Waals surface area contributed by atoms with Gasteiger partial charge in [0.2, 0.25) is 11.8 Å². The van der Waals surface area contributed by atoms with E-state index in [1.165, 1.54) is 17.0 Å². The Hall–Kier alpha value is -2.70. The predicted molar refractivity (Wildman–Crippen MR) is 88.2 cm³/mol. The molecule has 25 heavy (non-hydrogen) atoms. The predicted octanol–water partition coefficient (Wildman–Crippen LogP) is 2.06. The molecule has 1 saturated heterocycles. The molecule has 2 amide bonds. The first-order valence-corrected chi connectivity index (χ1v) is 8.21. The lowest BCUT2D eigenvalue weighted by Crippen LogP contribution is -2.52. The van der Waals surface area contributed by atoms with Crippen molar-refractivity contribution in [2.45, 2.75) is 32.7 Å². The number of piperazine rings is 1. The molecule has 0 radical (unpaired) electrons. The zero-order chi connectivity index (χ0) is 18.0. The molecule has 0 aliphatic carbocycles. The summed E-state index contributed by atoms with van der Waals surface area (Å²) in [5.41, 5.74) is 2.16. The Labute approximate surface area is 145 Å². The van der Waals surface area contributed by atoms with Crippen LogP contribution in [-0.2, 0) is 16.0 Å². The van der Waals surface area contributed by atoms with E-state index in [1.54, 1.807) is 12.1 Å². The fourth-order valence-corrected chi connectivity index (χ4v) is 3.18.